The second-order valence-electron chi connectivity index (χ2n) is 6.92. The van der Waals surface area contributed by atoms with Gasteiger partial charge >= 0.3 is 5.63 Å². The van der Waals surface area contributed by atoms with Crippen LogP contribution in [0, 0.1) is 0 Å². The predicted octanol–water partition coefficient (Wildman–Crippen LogP) is 3.51. The van der Waals surface area contributed by atoms with Gasteiger partial charge in [-0.05, 0) is 54.3 Å². The fraction of sp³-hybridized carbons (Fsp3) is 0.286. The zero-order valence-electron chi connectivity index (χ0n) is 15.6. The number of anilines is 2. The molecule has 0 bridgehead atoms. The molecule has 1 aromatic heterocycles. The molecule has 1 fully saturated rings. The van der Waals surface area contributed by atoms with Crippen molar-refractivity contribution in [1.82, 2.24) is 0 Å². The van der Waals surface area contributed by atoms with Crippen molar-refractivity contribution in [3.05, 3.63) is 70.1 Å². The Kier molecular flexibility index (Phi) is 4.85. The highest BCUT2D eigenvalue weighted by Crippen LogP contribution is 2.26. The Morgan fingerprint density at radius 3 is 2.57 bits per heavy atom. The monoisotopic (exact) mass is 398 g/mol. The topological polar surface area (TPSA) is 79.6 Å². The Labute approximate surface area is 163 Å². The lowest BCUT2D eigenvalue weighted by molar-refractivity contribution is 0.558. The minimum atomic E-state index is -3.18. The van der Waals surface area contributed by atoms with E-state index in [4.69, 9.17) is 4.42 Å². The van der Waals surface area contributed by atoms with Crippen molar-refractivity contribution in [2.24, 2.45) is 0 Å². The number of benzene rings is 2. The normalized spacial score (nSPS) is 15.8. The predicted molar refractivity (Wildman–Crippen MR) is 111 cm³/mol. The lowest BCUT2D eigenvalue weighted by Gasteiger charge is -2.17. The van der Waals surface area contributed by atoms with Crippen molar-refractivity contribution in [3.63, 3.8) is 0 Å². The number of fused-ring (bicyclic) bond motifs is 1. The zero-order chi connectivity index (χ0) is 19.7. The molecule has 2 aromatic carbocycles. The van der Waals surface area contributed by atoms with Crippen molar-refractivity contribution in [3.8, 4) is 0 Å². The molecule has 1 aliphatic rings. The maximum Gasteiger partial charge on any atom is 0.336 e. The van der Waals surface area contributed by atoms with Crippen LogP contribution in [0.2, 0.25) is 0 Å². The summed E-state index contributed by atoms with van der Waals surface area (Å²) < 4.78 is 30.9. The smallest absolute Gasteiger partial charge is 0.336 e. The van der Waals surface area contributed by atoms with E-state index in [0.29, 0.717) is 30.8 Å². The van der Waals surface area contributed by atoms with E-state index in [1.165, 1.54) is 10.4 Å². The number of nitrogens with one attached hydrogen (secondary N) is 1. The Bertz CT molecular complexity index is 1170. The Hall–Kier alpha value is -2.80. The van der Waals surface area contributed by atoms with E-state index >= 15 is 0 Å². The summed E-state index contributed by atoms with van der Waals surface area (Å²) in [5.74, 6) is 0.205. The van der Waals surface area contributed by atoms with Crippen LogP contribution in [-0.4, -0.2) is 20.7 Å². The quantitative estimate of drug-likeness (QED) is 0.666. The fourth-order valence-electron chi connectivity index (χ4n) is 3.51. The summed E-state index contributed by atoms with van der Waals surface area (Å²) in [7, 11) is -3.18. The maximum absolute atomic E-state index is 12.0. The maximum atomic E-state index is 12.0. The highest BCUT2D eigenvalue weighted by molar-refractivity contribution is 7.93. The van der Waals surface area contributed by atoms with E-state index in [9.17, 15) is 13.2 Å². The van der Waals surface area contributed by atoms with Gasteiger partial charge in [0.25, 0.3) is 0 Å². The van der Waals surface area contributed by atoms with Crippen molar-refractivity contribution in [2.45, 2.75) is 26.3 Å². The molecule has 1 aliphatic heterocycles. The Balaban J connectivity index is 1.54. The Morgan fingerprint density at radius 1 is 1.11 bits per heavy atom. The summed E-state index contributed by atoms with van der Waals surface area (Å²) in [5.41, 5.74) is 3.74. The lowest BCUT2D eigenvalue weighted by atomic mass is 10.1. The minimum absolute atomic E-state index is 0.205. The molecule has 7 heteroatoms. The first kappa shape index (κ1) is 18.6. The third kappa shape index (κ3) is 3.62. The van der Waals surface area contributed by atoms with E-state index in [-0.39, 0.29) is 11.4 Å². The number of nitrogens with zero attached hydrogens (tertiary/aromatic N) is 1. The lowest BCUT2D eigenvalue weighted by Crippen LogP contribution is -2.24. The average Bonchev–Trinajstić information content (AvgIpc) is 3.04. The first-order chi connectivity index (χ1) is 13.5. The zero-order valence-corrected chi connectivity index (χ0v) is 16.5. The van der Waals surface area contributed by atoms with Gasteiger partial charge in [0.15, 0.2) is 0 Å². The molecule has 0 radical (unpaired) electrons. The third-order valence-electron chi connectivity index (χ3n) is 5.04. The summed E-state index contributed by atoms with van der Waals surface area (Å²) in [5, 5.41) is 4.21. The van der Waals surface area contributed by atoms with Gasteiger partial charge in [-0.1, -0.05) is 19.1 Å². The van der Waals surface area contributed by atoms with E-state index in [0.717, 1.165) is 28.6 Å². The van der Waals surface area contributed by atoms with Gasteiger partial charge in [-0.2, -0.15) is 0 Å². The van der Waals surface area contributed by atoms with Crippen LogP contribution in [0.25, 0.3) is 11.0 Å². The molecule has 0 saturated carbocycles. The molecule has 2 heterocycles. The summed E-state index contributed by atoms with van der Waals surface area (Å²) in [6.07, 6.45) is 1.53. The van der Waals surface area contributed by atoms with Gasteiger partial charge in [0.1, 0.15) is 5.58 Å². The molecular formula is C21H22N2O4S. The molecule has 4 rings (SSSR count). The number of hydrogen-bond donors (Lipinski definition) is 1. The summed E-state index contributed by atoms with van der Waals surface area (Å²) in [6, 6.07) is 14.7. The third-order valence-corrected chi connectivity index (χ3v) is 6.91. The number of hydrogen-bond acceptors (Lipinski definition) is 5. The van der Waals surface area contributed by atoms with Crippen molar-refractivity contribution < 1.29 is 12.8 Å². The van der Waals surface area contributed by atoms with E-state index in [1.807, 2.05) is 30.3 Å². The van der Waals surface area contributed by atoms with Gasteiger partial charge in [0.2, 0.25) is 10.0 Å². The molecule has 146 valence electrons. The van der Waals surface area contributed by atoms with Crippen LogP contribution in [0.3, 0.4) is 0 Å². The molecule has 3 aromatic rings. The molecular weight excluding hydrogens is 376 g/mol. The number of rotatable bonds is 5. The van der Waals surface area contributed by atoms with Gasteiger partial charge in [-0.25, -0.2) is 13.2 Å². The van der Waals surface area contributed by atoms with Gasteiger partial charge in [0.05, 0.1) is 11.4 Å². The van der Waals surface area contributed by atoms with E-state index in [2.05, 4.69) is 12.2 Å². The number of sulfonamides is 1. The highest BCUT2D eigenvalue weighted by Gasteiger charge is 2.28. The van der Waals surface area contributed by atoms with Crippen molar-refractivity contribution in [1.29, 1.82) is 0 Å². The fourth-order valence-corrected chi connectivity index (χ4v) is 5.08. The van der Waals surface area contributed by atoms with Gasteiger partial charge in [0, 0.05) is 30.2 Å². The van der Waals surface area contributed by atoms with Crippen LogP contribution in [-0.2, 0) is 23.0 Å². The van der Waals surface area contributed by atoms with E-state index in [1.54, 1.807) is 12.1 Å². The first-order valence-corrected chi connectivity index (χ1v) is 11.0. The second-order valence-corrected chi connectivity index (χ2v) is 8.93. The minimum Gasteiger partial charge on any atom is -0.423 e. The molecule has 6 nitrogen and oxygen atoms in total. The summed E-state index contributed by atoms with van der Waals surface area (Å²) >= 11 is 0. The SMILES string of the molecule is CCc1ccc2c(CNc3ccc(N4CCCS4(=O)=O)cc3)cc(=O)oc2c1. The van der Waals surface area contributed by atoms with Crippen LogP contribution in [0.15, 0.2) is 57.7 Å². The molecule has 1 saturated heterocycles. The van der Waals surface area contributed by atoms with Crippen LogP contribution in [0.1, 0.15) is 24.5 Å². The molecule has 1 N–H and O–H groups in total. The summed E-state index contributed by atoms with van der Waals surface area (Å²) in [6.45, 7) is 3.05. The van der Waals surface area contributed by atoms with Crippen LogP contribution < -0.4 is 15.2 Å². The van der Waals surface area contributed by atoms with Crippen LogP contribution in [0.4, 0.5) is 11.4 Å². The molecule has 0 atom stereocenters. The highest BCUT2D eigenvalue weighted by atomic mass is 32.2. The molecule has 0 spiro atoms. The summed E-state index contributed by atoms with van der Waals surface area (Å²) in [4.78, 5) is 11.9. The Morgan fingerprint density at radius 2 is 1.89 bits per heavy atom. The van der Waals surface area contributed by atoms with Gasteiger partial charge in [-0.3, -0.25) is 4.31 Å². The van der Waals surface area contributed by atoms with E-state index < -0.39 is 10.0 Å². The van der Waals surface area contributed by atoms with Gasteiger partial charge in [-0.15, -0.1) is 0 Å². The largest absolute Gasteiger partial charge is 0.423 e. The standard InChI is InChI=1S/C21H22N2O4S/c1-2-15-4-9-19-16(13-21(24)27-20(19)12-15)14-22-17-5-7-18(8-6-17)23-10-3-11-28(23,25)26/h4-9,12-13,22H,2-3,10-11,14H2,1H3. The van der Waals surface area contributed by atoms with Crippen LogP contribution in [0.5, 0.6) is 0 Å². The van der Waals surface area contributed by atoms with Crippen LogP contribution >= 0.6 is 0 Å². The molecule has 0 aliphatic carbocycles. The van der Waals surface area contributed by atoms with Gasteiger partial charge < -0.3 is 9.73 Å². The molecule has 0 amide bonds. The first-order valence-electron chi connectivity index (χ1n) is 9.36. The average molecular weight is 398 g/mol. The molecule has 28 heavy (non-hydrogen) atoms. The van der Waals surface area contributed by atoms with Crippen molar-refractivity contribution in [2.75, 3.05) is 21.9 Å². The second kappa shape index (κ2) is 7.31. The molecule has 0 unspecified atom stereocenters. The number of aryl methyl sites for hydroxylation is 1. The van der Waals surface area contributed by atoms with Crippen molar-refractivity contribution >= 4 is 32.4 Å².